The van der Waals surface area contributed by atoms with Crippen molar-refractivity contribution in [3.05, 3.63) is 29.8 Å². The molecule has 0 aliphatic carbocycles. The molecule has 6 nitrogen and oxygen atoms in total. The number of carbonyl (C=O) groups excluding carboxylic acids is 2. The summed E-state index contributed by atoms with van der Waals surface area (Å²) in [6.07, 6.45) is 0.806. The Balaban J connectivity index is 1.70. The summed E-state index contributed by atoms with van der Waals surface area (Å²) < 4.78 is 5.26. The SMILES string of the molecule is COc1cccc(CN2CC[C@H]3NC(=O)CN(C)C(=O)[C@H]3C2)c1. The minimum Gasteiger partial charge on any atom is -0.497 e. The van der Waals surface area contributed by atoms with E-state index < -0.39 is 0 Å². The van der Waals surface area contributed by atoms with E-state index in [1.807, 2.05) is 18.2 Å². The van der Waals surface area contributed by atoms with Crippen LogP contribution in [0.1, 0.15) is 12.0 Å². The number of carbonyl (C=O) groups is 2. The van der Waals surface area contributed by atoms with Crippen LogP contribution in [-0.4, -0.2) is 61.4 Å². The monoisotopic (exact) mass is 317 g/mol. The van der Waals surface area contributed by atoms with Crippen LogP contribution in [0.2, 0.25) is 0 Å². The number of benzene rings is 1. The molecule has 1 N–H and O–H groups in total. The van der Waals surface area contributed by atoms with Gasteiger partial charge in [0.05, 0.1) is 19.6 Å². The van der Waals surface area contributed by atoms with Crippen molar-refractivity contribution < 1.29 is 14.3 Å². The van der Waals surface area contributed by atoms with E-state index in [1.54, 1.807) is 14.2 Å². The summed E-state index contributed by atoms with van der Waals surface area (Å²) >= 11 is 0. The maximum atomic E-state index is 12.5. The van der Waals surface area contributed by atoms with Crippen LogP contribution in [0.4, 0.5) is 0 Å². The van der Waals surface area contributed by atoms with Crippen LogP contribution in [0.5, 0.6) is 5.75 Å². The van der Waals surface area contributed by atoms with Crippen molar-refractivity contribution >= 4 is 11.8 Å². The zero-order chi connectivity index (χ0) is 16.4. The van der Waals surface area contributed by atoms with Gasteiger partial charge >= 0.3 is 0 Å². The smallest absolute Gasteiger partial charge is 0.239 e. The second kappa shape index (κ2) is 6.58. The van der Waals surface area contributed by atoms with Gasteiger partial charge in [0.2, 0.25) is 11.8 Å². The Morgan fingerprint density at radius 3 is 2.96 bits per heavy atom. The van der Waals surface area contributed by atoms with E-state index in [4.69, 9.17) is 4.74 Å². The molecule has 1 aromatic carbocycles. The minimum atomic E-state index is -0.161. The number of fused-ring (bicyclic) bond motifs is 1. The first-order chi connectivity index (χ1) is 11.1. The van der Waals surface area contributed by atoms with Crippen molar-refractivity contribution in [2.24, 2.45) is 5.92 Å². The van der Waals surface area contributed by atoms with Gasteiger partial charge in [-0.3, -0.25) is 14.5 Å². The number of piperidine rings is 1. The molecule has 2 heterocycles. The molecule has 0 saturated carbocycles. The van der Waals surface area contributed by atoms with Gasteiger partial charge in [-0.1, -0.05) is 12.1 Å². The molecule has 0 spiro atoms. The van der Waals surface area contributed by atoms with Crippen molar-refractivity contribution in [2.45, 2.75) is 19.0 Å². The second-order valence-electron chi connectivity index (χ2n) is 6.35. The third-order valence-corrected chi connectivity index (χ3v) is 4.66. The fraction of sp³-hybridized carbons (Fsp3) is 0.529. The van der Waals surface area contributed by atoms with Gasteiger partial charge in [0.1, 0.15) is 5.75 Å². The third-order valence-electron chi connectivity index (χ3n) is 4.66. The molecule has 124 valence electrons. The zero-order valence-corrected chi connectivity index (χ0v) is 13.6. The topological polar surface area (TPSA) is 61.9 Å². The Morgan fingerprint density at radius 2 is 2.17 bits per heavy atom. The zero-order valence-electron chi connectivity index (χ0n) is 13.6. The molecule has 2 aliphatic rings. The van der Waals surface area contributed by atoms with Gasteiger partial charge in [0.25, 0.3) is 0 Å². The van der Waals surface area contributed by atoms with Gasteiger partial charge in [-0.05, 0) is 24.1 Å². The Hall–Kier alpha value is -2.08. The van der Waals surface area contributed by atoms with E-state index in [0.717, 1.165) is 25.3 Å². The molecule has 0 radical (unpaired) electrons. The van der Waals surface area contributed by atoms with Crippen molar-refractivity contribution in [3.63, 3.8) is 0 Å². The summed E-state index contributed by atoms with van der Waals surface area (Å²) in [5.41, 5.74) is 1.17. The van der Waals surface area contributed by atoms with E-state index in [1.165, 1.54) is 10.5 Å². The number of likely N-dealkylation sites (N-methyl/N-ethyl adjacent to an activating group) is 1. The summed E-state index contributed by atoms with van der Waals surface area (Å²) in [7, 11) is 3.36. The molecule has 23 heavy (non-hydrogen) atoms. The van der Waals surface area contributed by atoms with Crippen LogP contribution < -0.4 is 10.1 Å². The Kier molecular flexibility index (Phi) is 4.52. The lowest BCUT2D eigenvalue weighted by atomic mass is 9.91. The highest BCUT2D eigenvalue weighted by Crippen LogP contribution is 2.23. The van der Waals surface area contributed by atoms with Gasteiger partial charge in [0, 0.05) is 32.7 Å². The van der Waals surface area contributed by atoms with Crippen LogP contribution >= 0.6 is 0 Å². The van der Waals surface area contributed by atoms with E-state index in [2.05, 4.69) is 16.3 Å². The fourth-order valence-electron chi connectivity index (χ4n) is 3.44. The number of ether oxygens (including phenoxy) is 1. The van der Waals surface area contributed by atoms with Gasteiger partial charge in [-0.2, -0.15) is 0 Å². The lowest BCUT2D eigenvalue weighted by molar-refractivity contribution is -0.136. The van der Waals surface area contributed by atoms with Gasteiger partial charge < -0.3 is 15.0 Å². The van der Waals surface area contributed by atoms with E-state index in [0.29, 0.717) is 6.54 Å². The summed E-state index contributed by atoms with van der Waals surface area (Å²) in [4.78, 5) is 28.1. The summed E-state index contributed by atoms with van der Waals surface area (Å²) in [5, 5.41) is 3.00. The summed E-state index contributed by atoms with van der Waals surface area (Å²) in [6, 6.07) is 7.95. The highest BCUT2D eigenvalue weighted by Gasteiger charge is 2.39. The number of hydrogen-bond donors (Lipinski definition) is 1. The quantitative estimate of drug-likeness (QED) is 0.880. The highest BCUT2D eigenvalue weighted by molar-refractivity contribution is 5.89. The largest absolute Gasteiger partial charge is 0.497 e. The predicted octanol–water partition coefficient (Wildman–Crippen LogP) is 0.474. The van der Waals surface area contributed by atoms with E-state index in [9.17, 15) is 9.59 Å². The average Bonchev–Trinajstić information content (AvgIpc) is 2.65. The molecule has 0 unspecified atom stereocenters. The van der Waals surface area contributed by atoms with Crippen LogP contribution in [0.15, 0.2) is 24.3 Å². The van der Waals surface area contributed by atoms with Crippen molar-refractivity contribution in [2.75, 3.05) is 33.8 Å². The molecule has 2 aliphatic heterocycles. The van der Waals surface area contributed by atoms with Crippen LogP contribution in [0.3, 0.4) is 0 Å². The number of nitrogens with zero attached hydrogens (tertiary/aromatic N) is 2. The molecule has 2 saturated heterocycles. The third kappa shape index (κ3) is 3.47. The molecule has 6 heteroatoms. The number of nitrogens with one attached hydrogen (secondary N) is 1. The lowest BCUT2D eigenvalue weighted by Gasteiger charge is -2.37. The van der Waals surface area contributed by atoms with E-state index >= 15 is 0 Å². The summed E-state index contributed by atoms with van der Waals surface area (Å²) in [5.74, 6) is 0.680. The second-order valence-corrected chi connectivity index (χ2v) is 6.35. The molecule has 0 aromatic heterocycles. The van der Waals surface area contributed by atoms with Crippen molar-refractivity contribution in [3.8, 4) is 5.75 Å². The number of hydrogen-bond acceptors (Lipinski definition) is 4. The molecular weight excluding hydrogens is 294 g/mol. The fourth-order valence-corrected chi connectivity index (χ4v) is 3.44. The normalized spacial score (nSPS) is 25.6. The first kappa shape index (κ1) is 15.8. The molecule has 2 fully saturated rings. The number of amides is 2. The maximum absolute atomic E-state index is 12.5. The van der Waals surface area contributed by atoms with E-state index in [-0.39, 0.29) is 30.3 Å². The number of methoxy groups -OCH3 is 1. The maximum Gasteiger partial charge on any atom is 0.239 e. The average molecular weight is 317 g/mol. The van der Waals surface area contributed by atoms with Crippen molar-refractivity contribution in [1.82, 2.24) is 15.1 Å². The first-order valence-corrected chi connectivity index (χ1v) is 7.96. The minimum absolute atomic E-state index is 0.0403. The summed E-state index contributed by atoms with van der Waals surface area (Å²) in [6.45, 7) is 2.48. The Morgan fingerprint density at radius 1 is 1.35 bits per heavy atom. The Labute approximate surface area is 136 Å². The molecule has 2 atom stereocenters. The first-order valence-electron chi connectivity index (χ1n) is 7.96. The van der Waals surface area contributed by atoms with Crippen LogP contribution in [0, 0.1) is 5.92 Å². The number of rotatable bonds is 3. The van der Waals surface area contributed by atoms with Crippen LogP contribution in [0.25, 0.3) is 0 Å². The molecule has 2 amide bonds. The Bertz CT molecular complexity index is 605. The van der Waals surface area contributed by atoms with Gasteiger partial charge in [-0.15, -0.1) is 0 Å². The van der Waals surface area contributed by atoms with Gasteiger partial charge in [-0.25, -0.2) is 0 Å². The highest BCUT2D eigenvalue weighted by atomic mass is 16.5. The predicted molar refractivity (Wildman–Crippen MR) is 85.9 cm³/mol. The molecule has 0 bridgehead atoms. The molecule has 3 rings (SSSR count). The van der Waals surface area contributed by atoms with Crippen LogP contribution in [-0.2, 0) is 16.1 Å². The van der Waals surface area contributed by atoms with Gasteiger partial charge in [0.15, 0.2) is 0 Å². The standard InChI is InChI=1S/C17H23N3O3/c1-19-11-16(21)18-15-6-7-20(10-14(15)17(19)22)9-12-4-3-5-13(8-12)23-2/h3-5,8,14-15H,6-7,9-11H2,1-2H3,(H,18,21)/t14-,15+/m0/s1. The molecule has 1 aromatic rings. The lowest BCUT2D eigenvalue weighted by Crippen LogP contribution is -2.52. The number of likely N-dealkylation sites (tertiary alicyclic amines) is 1. The van der Waals surface area contributed by atoms with Crippen molar-refractivity contribution in [1.29, 1.82) is 0 Å². The molecular formula is C17H23N3O3.